The quantitative estimate of drug-likeness (QED) is 0.494. The molecule has 0 radical (unpaired) electrons. The standard InChI is InChI=1S/C27H32N4O4/c1-33-24-12-11-20(25(34-2)26(24)35-3)18-29-13-15-30(16-14-29)27(32)23-17-22(19-9-10-19)28-31(23)21-7-5-4-6-8-21/h4-8,11-12,17,19H,9-10,13-16,18H2,1-3H3. The number of hydrogen-bond donors (Lipinski definition) is 0. The van der Waals surface area contributed by atoms with E-state index in [1.54, 1.807) is 21.3 Å². The van der Waals surface area contributed by atoms with Crippen molar-refractivity contribution in [2.45, 2.75) is 25.3 Å². The van der Waals surface area contributed by atoms with Gasteiger partial charge >= 0.3 is 0 Å². The molecule has 1 saturated heterocycles. The Balaban J connectivity index is 1.29. The molecule has 0 unspecified atom stereocenters. The van der Waals surface area contributed by atoms with Gasteiger partial charge < -0.3 is 19.1 Å². The van der Waals surface area contributed by atoms with Gasteiger partial charge in [-0.25, -0.2) is 4.68 Å². The van der Waals surface area contributed by atoms with E-state index in [1.165, 1.54) is 0 Å². The van der Waals surface area contributed by atoms with Crippen LogP contribution in [0, 0.1) is 0 Å². The lowest BCUT2D eigenvalue weighted by Gasteiger charge is -2.35. The van der Waals surface area contributed by atoms with Gasteiger partial charge in [-0.3, -0.25) is 9.69 Å². The minimum Gasteiger partial charge on any atom is -0.493 e. The minimum absolute atomic E-state index is 0.0385. The average molecular weight is 477 g/mol. The van der Waals surface area contributed by atoms with Crippen LogP contribution in [0.2, 0.25) is 0 Å². The van der Waals surface area contributed by atoms with Gasteiger partial charge in [0.05, 0.1) is 32.7 Å². The van der Waals surface area contributed by atoms with Crippen LogP contribution in [0.15, 0.2) is 48.5 Å². The third-order valence-corrected chi connectivity index (χ3v) is 6.78. The van der Waals surface area contributed by atoms with Gasteiger partial charge in [0.2, 0.25) is 5.75 Å². The molecule has 2 heterocycles. The molecule has 0 bridgehead atoms. The zero-order valence-corrected chi connectivity index (χ0v) is 20.6. The average Bonchev–Trinajstić information content (AvgIpc) is 3.67. The van der Waals surface area contributed by atoms with Gasteiger partial charge in [-0.15, -0.1) is 0 Å². The first-order valence-corrected chi connectivity index (χ1v) is 12.1. The second-order valence-electron chi connectivity index (χ2n) is 9.04. The van der Waals surface area contributed by atoms with E-state index in [9.17, 15) is 4.79 Å². The molecule has 2 aliphatic rings. The molecule has 184 valence electrons. The summed E-state index contributed by atoms with van der Waals surface area (Å²) in [7, 11) is 4.87. The van der Waals surface area contributed by atoms with Gasteiger partial charge in [-0.2, -0.15) is 5.10 Å². The van der Waals surface area contributed by atoms with Crippen LogP contribution in [-0.4, -0.2) is 73.0 Å². The number of nitrogens with zero attached hydrogens (tertiary/aromatic N) is 4. The van der Waals surface area contributed by atoms with E-state index in [0.717, 1.165) is 42.9 Å². The fourth-order valence-electron chi connectivity index (χ4n) is 4.70. The zero-order chi connectivity index (χ0) is 24.4. The van der Waals surface area contributed by atoms with E-state index in [1.807, 2.05) is 58.1 Å². The Kier molecular flexibility index (Phi) is 6.63. The van der Waals surface area contributed by atoms with E-state index in [0.29, 0.717) is 48.5 Å². The van der Waals surface area contributed by atoms with Gasteiger partial charge in [0, 0.05) is 44.2 Å². The van der Waals surface area contributed by atoms with E-state index < -0.39 is 0 Å². The number of carbonyl (C=O) groups excluding carboxylic acids is 1. The highest BCUT2D eigenvalue weighted by atomic mass is 16.5. The normalized spacial score (nSPS) is 16.3. The predicted octanol–water partition coefficient (Wildman–Crippen LogP) is 3.73. The van der Waals surface area contributed by atoms with Crippen molar-refractivity contribution in [1.82, 2.24) is 19.6 Å². The predicted molar refractivity (Wildman–Crippen MR) is 133 cm³/mol. The maximum atomic E-state index is 13.6. The summed E-state index contributed by atoms with van der Waals surface area (Å²) < 4.78 is 18.4. The number of carbonyl (C=O) groups is 1. The molecule has 1 aliphatic heterocycles. The van der Waals surface area contributed by atoms with Gasteiger partial charge in [0.25, 0.3) is 5.91 Å². The third kappa shape index (κ3) is 4.71. The summed E-state index contributed by atoms with van der Waals surface area (Å²) in [6.07, 6.45) is 2.30. The molecule has 2 aromatic carbocycles. The smallest absolute Gasteiger partial charge is 0.272 e. The first-order valence-electron chi connectivity index (χ1n) is 12.1. The number of piperazine rings is 1. The number of para-hydroxylation sites is 1. The fraction of sp³-hybridized carbons (Fsp3) is 0.407. The van der Waals surface area contributed by atoms with Crippen molar-refractivity contribution in [3.63, 3.8) is 0 Å². The van der Waals surface area contributed by atoms with Gasteiger partial charge in [0.1, 0.15) is 5.69 Å². The first-order chi connectivity index (χ1) is 17.1. The molecule has 1 saturated carbocycles. The lowest BCUT2D eigenvalue weighted by Crippen LogP contribution is -2.48. The summed E-state index contributed by atoms with van der Waals surface area (Å²) in [5.74, 6) is 2.45. The number of ether oxygens (including phenoxy) is 3. The van der Waals surface area contributed by atoms with Crippen molar-refractivity contribution in [3.8, 4) is 22.9 Å². The number of amides is 1. The van der Waals surface area contributed by atoms with Crippen LogP contribution in [-0.2, 0) is 6.54 Å². The van der Waals surface area contributed by atoms with Crippen LogP contribution < -0.4 is 14.2 Å². The highest BCUT2D eigenvalue weighted by Gasteiger charge is 2.31. The summed E-state index contributed by atoms with van der Waals surface area (Å²) in [4.78, 5) is 17.8. The SMILES string of the molecule is COc1ccc(CN2CCN(C(=O)c3cc(C4CC4)nn3-c3ccccc3)CC2)c(OC)c1OC. The molecular weight excluding hydrogens is 444 g/mol. The molecule has 2 fully saturated rings. The van der Waals surface area contributed by atoms with Crippen LogP contribution in [0.4, 0.5) is 0 Å². The summed E-state index contributed by atoms with van der Waals surface area (Å²) >= 11 is 0. The molecule has 1 amide bonds. The van der Waals surface area contributed by atoms with Crippen molar-refractivity contribution >= 4 is 5.91 Å². The van der Waals surface area contributed by atoms with Crippen molar-refractivity contribution in [1.29, 1.82) is 0 Å². The molecule has 35 heavy (non-hydrogen) atoms. The fourth-order valence-corrected chi connectivity index (χ4v) is 4.70. The molecule has 0 spiro atoms. The topological polar surface area (TPSA) is 69.1 Å². The van der Waals surface area contributed by atoms with Gasteiger partial charge in [-0.05, 0) is 37.1 Å². The van der Waals surface area contributed by atoms with Gasteiger partial charge in [-0.1, -0.05) is 24.3 Å². The minimum atomic E-state index is 0.0385. The second-order valence-corrected chi connectivity index (χ2v) is 9.04. The summed E-state index contributed by atoms with van der Waals surface area (Å²) in [5.41, 5.74) is 3.62. The summed E-state index contributed by atoms with van der Waals surface area (Å²) in [5, 5.41) is 4.80. The Morgan fingerprint density at radius 2 is 1.63 bits per heavy atom. The largest absolute Gasteiger partial charge is 0.493 e. The molecule has 3 aromatic rings. The molecule has 5 rings (SSSR count). The molecule has 8 heteroatoms. The van der Waals surface area contributed by atoms with Crippen molar-refractivity contribution in [2.24, 2.45) is 0 Å². The van der Waals surface area contributed by atoms with Crippen LogP contribution in [0.1, 0.15) is 40.5 Å². The maximum Gasteiger partial charge on any atom is 0.272 e. The number of methoxy groups -OCH3 is 3. The van der Waals surface area contributed by atoms with Gasteiger partial charge in [0.15, 0.2) is 11.5 Å². The Morgan fingerprint density at radius 1 is 0.914 bits per heavy atom. The van der Waals surface area contributed by atoms with Crippen LogP contribution in [0.3, 0.4) is 0 Å². The Bertz CT molecular complexity index is 1180. The Hall–Kier alpha value is -3.52. The van der Waals surface area contributed by atoms with Crippen molar-refractivity contribution in [3.05, 3.63) is 65.5 Å². The number of aromatic nitrogens is 2. The Morgan fingerprint density at radius 3 is 2.26 bits per heavy atom. The third-order valence-electron chi connectivity index (χ3n) is 6.78. The maximum absolute atomic E-state index is 13.6. The number of hydrogen-bond acceptors (Lipinski definition) is 6. The summed E-state index contributed by atoms with van der Waals surface area (Å²) in [6.45, 7) is 3.58. The number of benzene rings is 2. The molecule has 0 N–H and O–H groups in total. The molecule has 0 atom stereocenters. The highest BCUT2D eigenvalue weighted by molar-refractivity contribution is 5.93. The second kappa shape index (κ2) is 10.00. The summed E-state index contributed by atoms with van der Waals surface area (Å²) in [6, 6.07) is 15.8. The zero-order valence-electron chi connectivity index (χ0n) is 20.6. The van der Waals surface area contributed by atoms with Crippen LogP contribution in [0.25, 0.3) is 5.69 Å². The highest BCUT2D eigenvalue weighted by Crippen LogP contribution is 2.41. The van der Waals surface area contributed by atoms with E-state index in [-0.39, 0.29) is 5.91 Å². The van der Waals surface area contributed by atoms with Crippen molar-refractivity contribution in [2.75, 3.05) is 47.5 Å². The van der Waals surface area contributed by atoms with Crippen LogP contribution in [0.5, 0.6) is 17.2 Å². The molecule has 8 nitrogen and oxygen atoms in total. The lowest BCUT2D eigenvalue weighted by molar-refractivity contribution is 0.0618. The van der Waals surface area contributed by atoms with E-state index in [2.05, 4.69) is 4.90 Å². The van der Waals surface area contributed by atoms with E-state index in [4.69, 9.17) is 19.3 Å². The van der Waals surface area contributed by atoms with Crippen molar-refractivity contribution < 1.29 is 19.0 Å². The lowest BCUT2D eigenvalue weighted by atomic mass is 10.1. The monoisotopic (exact) mass is 476 g/mol. The molecule has 1 aromatic heterocycles. The number of rotatable bonds is 8. The molecule has 1 aliphatic carbocycles. The molecular formula is C27H32N4O4. The van der Waals surface area contributed by atoms with Crippen LogP contribution >= 0.6 is 0 Å². The Labute approximate surface area is 206 Å². The first kappa shape index (κ1) is 23.2. The van der Waals surface area contributed by atoms with E-state index >= 15 is 0 Å².